The molecule has 0 amide bonds. The predicted molar refractivity (Wildman–Crippen MR) is 55.7 cm³/mol. The molecular formula is C8H10Cl2O2S. The largest absolute Gasteiger partial charge is 0.224 e. The standard InChI is InChI=1S/C8H10Cl2O2S/c1-8(10)4-6(9)3-7(5-8)13(2,11)12/h3-4H,5H2,1-2H3. The van der Waals surface area contributed by atoms with Crippen molar-refractivity contribution in [2.24, 2.45) is 0 Å². The molecule has 0 radical (unpaired) electrons. The Balaban J connectivity index is 3.13. The van der Waals surface area contributed by atoms with Crippen LogP contribution >= 0.6 is 23.2 Å². The number of hydrogen-bond donors (Lipinski definition) is 0. The first-order valence-electron chi connectivity index (χ1n) is 3.69. The molecule has 0 fully saturated rings. The third-order valence-corrected chi connectivity index (χ3v) is 3.41. The molecule has 5 heteroatoms. The van der Waals surface area contributed by atoms with Crippen molar-refractivity contribution in [1.82, 2.24) is 0 Å². The van der Waals surface area contributed by atoms with E-state index in [2.05, 4.69) is 0 Å². The van der Waals surface area contributed by atoms with E-state index >= 15 is 0 Å². The second kappa shape index (κ2) is 3.30. The lowest BCUT2D eigenvalue weighted by atomic mass is 10.0. The molecule has 0 aliphatic heterocycles. The smallest absolute Gasteiger partial charge is 0.171 e. The van der Waals surface area contributed by atoms with Crippen LogP contribution < -0.4 is 0 Å². The average Bonchev–Trinajstić information content (AvgIpc) is 1.79. The van der Waals surface area contributed by atoms with Gasteiger partial charge >= 0.3 is 0 Å². The van der Waals surface area contributed by atoms with Gasteiger partial charge in [-0.25, -0.2) is 8.42 Å². The van der Waals surface area contributed by atoms with Crippen molar-refractivity contribution in [2.45, 2.75) is 18.2 Å². The molecule has 0 bridgehead atoms. The van der Waals surface area contributed by atoms with Crippen molar-refractivity contribution >= 4 is 33.0 Å². The summed E-state index contributed by atoms with van der Waals surface area (Å²) in [4.78, 5) is -0.401. The van der Waals surface area contributed by atoms with Gasteiger partial charge < -0.3 is 0 Å². The molecule has 0 saturated heterocycles. The van der Waals surface area contributed by atoms with E-state index in [0.29, 0.717) is 11.5 Å². The third kappa shape index (κ3) is 3.01. The number of sulfone groups is 1. The lowest BCUT2D eigenvalue weighted by Gasteiger charge is -2.22. The van der Waals surface area contributed by atoms with E-state index in [9.17, 15) is 8.42 Å². The summed E-state index contributed by atoms with van der Waals surface area (Å²) in [5.41, 5.74) is 0. The monoisotopic (exact) mass is 240 g/mol. The molecule has 74 valence electrons. The molecule has 0 saturated carbocycles. The van der Waals surface area contributed by atoms with Crippen LogP contribution in [0.1, 0.15) is 13.3 Å². The topological polar surface area (TPSA) is 34.1 Å². The lowest BCUT2D eigenvalue weighted by Crippen LogP contribution is -2.20. The zero-order valence-corrected chi connectivity index (χ0v) is 9.67. The van der Waals surface area contributed by atoms with E-state index < -0.39 is 14.7 Å². The summed E-state index contributed by atoms with van der Waals surface area (Å²) >= 11 is 11.7. The van der Waals surface area contributed by atoms with E-state index in [1.165, 1.54) is 6.08 Å². The fourth-order valence-corrected chi connectivity index (χ4v) is 2.90. The third-order valence-electron chi connectivity index (χ3n) is 1.73. The number of hydrogen-bond acceptors (Lipinski definition) is 2. The van der Waals surface area contributed by atoms with Crippen LogP contribution in [0.4, 0.5) is 0 Å². The Morgan fingerprint density at radius 2 is 2.08 bits per heavy atom. The molecule has 2 nitrogen and oxygen atoms in total. The molecule has 0 aromatic rings. The van der Waals surface area contributed by atoms with Crippen molar-refractivity contribution in [3.8, 4) is 0 Å². The normalized spacial score (nSPS) is 29.5. The van der Waals surface area contributed by atoms with Gasteiger partial charge in [0.25, 0.3) is 0 Å². The minimum absolute atomic E-state index is 0.289. The number of rotatable bonds is 1. The summed E-state index contributed by atoms with van der Waals surface area (Å²) in [6.07, 6.45) is 4.54. The van der Waals surface area contributed by atoms with Gasteiger partial charge in [-0.15, -0.1) is 11.6 Å². The SMILES string of the molecule is CC1(Cl)C=C(Cl)C=C(S(C)(=O)=O)C1. The fraction of sp³-hybridized carbons (Fsp3) is 0.500. The highest BCUT2D eigenvalue weighted by Gasteiger charge is 2.28. The lowest BCUT2D eigenvalue weighted by molar-refractivity contribution is 0.602. The maximum atomic E-state index is 11.2. The minimum Gasteiger partial charge on any atom is -0.224 e. The number of allylic oxidation sites excluding steroid dienone is 4. The van der Waals surface area contributed by atoms with Crippen molar-refractivity contribution in [1.29, 1.82) is 0 Å². The summed E-state index contributed by atoms with van der Waals surface area (Å²) in [5.74, 6) is 0. The minimum atomic E-state index is -3.18. The Hall–Kier alpha value is 0.01000. The Bertz CT molecular complexity index is 377. The zero-order valence-electron chi connectivity index (χ0n) is 7.34. The summed E-state index contributed by atoms with van der Waals surface area (Å²) in [6.45, 7) is 1.73. The van der Waals surface area contributed by atoms with Gasteiger partial charge in [0.1, 0.15) is 0 Å². The van der Waals surface area contributed by atoms with Crippen LogP contribution in [-0.2, 0) is 9.84 Å². The molecule has 0 aromatic carbocycles. The van der Waals surface area contributed by atoms with E-state index in [4.69, 9.17) is 23.2 Å². The first kappa shape index (κ1) is 11.1. The van der Waals surface area contributed by atoms with Crippen LogP contribution in [0.15, 0.2) is 22.1 Å². The summed E-state index contributed by atoms with van der Waals surface area (Å²) in [5, 5.41) is 0.379. The molecule has 0 spiro atoms. The molecule has 13 heavy (non-hydrogen) atoms. The first-order valence-corrected chi connectivity index (χ1v) is 6.33. The van der Waals surface area contributed by atoms with Crippen LogP contribution in [0.3, 0.4) is 0 Å². The summed E-state index contributed by atoms with van der Waals surface area (Å²) in [7, 11) is -3.18. The van der Waals surface area contributed by atoms with E-state index in [1.54, 1.807) is 13.0 Å². The Morgan fingerprint density at radius 3 is 2.46 bits per heavy atom. The molecule has 1 unspecified atom stereocenters. The van der Waals surface area contributed by atoms with Gasteiger partial charge in [-0.1, -0.05) is 11.6 Å². The van der Waals surface area contributed by atoms with Gasteiger partial charge in [0.15, 0.2) is 9.84 Å². The highest BCUT2D eigenvalue weighted by molar-refractivity contribution is 7.94. The van der Waals surface area contributed by atoms with Crippen molar-refractivity contribution < 1.29 is 8.42 Å². The van der Waals surface area contributed by atoms with Gasteiger partial charge in [-0.2, -0.15) is 0 Å². The predicted octanol–water partition coefficient (Wildman–Crippen LogP) is 2.44. The van der Waals surface area contributed by atoms with Crippen LogP contribution in [0.5, 0.6) is 0 Å². The molecule has 1 aliphatic carbocycles. The Kier molecular flexibility index (Phi) is 2.81. The second-order valence-corrected chi connectivity index (χ2v) is 6.74. The summed E-state index contributed by atoms with van der Waals surface area (Å²) < 4.78 is 22.4. The highest BCUT2D eigenvalue weighted by atomic mass is 35.5. The molecule has 1 aliphatic rings. The number of halogens is 2. The maximum absolute atomic E-state index is 11.2. The van der Waals surface area contributed by atoms with E-state index in [-0.39, 0.29) is 4.91 Å². The van der Waals surface area contributed by atoms with Gasteiger partial charge in [-0.3, -0.25) is 0 Å². The molecule has 1 rings (SSSR count). The van der Waals surface area contributed by atoms with Gasteiger partial charge in [0.05, 0.1) is 4.87 Å². The maximum Gasteiger partial charge on any atom is 0.171 e. The number of alkyl halides is 1. The molecule has 0 heterocycles. The van der Waals surface area contributed by atoms with Crippen LogP contribution in [0.2, 0.25) is 0 Å². The molecule has 0 aromatic heterocycles. The second-order valence-electron chi connectivity index (χ2n) is 3.37. The van der Waals surface area contributed by atoms with Crippen LogP contribution in [0.25, 0.3) is 0 Å². The molecule has 0 N–H and O–H groups in total. The molecule has 1 atom stereocenters. The van der Waals surface area contributed by atoms with Gasteiger partial charge in [0, 0.05) is 22.6 Å². The molecular weight excluding hydrogens is 231 g/mol. The van der Waals surface area contributed by atoms with Crippen molar-refractivity contribution in [3.05, 3.63) is 22.1 Å². The first-order chi connectivity index (χ1) is 5.71. The summed E-state index contributed by atoms with van der Waals surface area (Å²) in [6, 6.07) is 0. The highest BCUT2D eigenvalue weighted by Crippen LogP contribution is 2.34. The van der Waals surface area contributed by atoms with Gasteiger partial charge in [-0.05, 0) is 19.1 Å². The van der Waals surface area contributed by atoms with E-state index in [0.717, 1.165) is 6.26 Å². The van der Waals surface area contributed by atoms with Crippen LogP contribution in [-0.4, -0.2) is 19.5 Å². The average molecular weight is 241 g/mol. The van der Waals surface area contributed by atoms with Crippen molar-refractivity contribution in [3.63, 3.8) is 0 Å². The quantitative estimate of drug-likeness (QED) is 0.661. The van der Waals surface area contributed by atoms with Crippen LogP contribution in [0, 0.1) is 0 Å². The van der Waals surface area contributed by atoms with Gasteiger partial charge in [0.2, 0.25) is 0 Å². The Labute approximate surface area is 88.1 Å². The van der Waals surface area contributed by atoms with Crippen molar-refractivity contribution in [2.75, 3.05) is 6.26 Å². The fourth-order valence-electron chi connectivity index (χ4n) is 1.16. The zero-order chi connectivity index (χ0) is 10.3. The Morgan fingerprint density at radius 1 is 1.54 bits per heavy atom. The van der Waals surface area contributed by atoms with E-state index in [1.807, 2.05) is 0 Å².